The van der Waals surface area contributed by atoms with E-state index in [2.05, 4.69) is 10.6 Å². The van der Waals surface area contributed by atoms with Crippen LogP contribution in [0, 0.1) is 11.8 Å². The van der Waals surface area contributed by atoms with Gasteiger partial charge in [0, 0.05) is 16.9 Å². The van der Waals surface area contributed by atoms with E-state index in [0.29, 0.717) is 5.69 Å². The van der Waals surface area contributed by atoms with Crippen LogP contribution in [0.25, 0.3) is 10.1 Å². The Balaban J connectivity index is 1.93. The molecule has 0 spiro atoms. The van der Waals surface area contributed by atoms with Crippen molar-refractivity contribution in [1.82, 2.24) is 5.32 Å². The number of rotatable bonds is 5. The molecule has 0 bridgehead atoms. The van der Waals surface area contributed by atoms with E-state index in [9.17, 15) is 9.59 Å². The minimum Gasteiger partial charge on any atom is -0.481 e. The van der Waals surface area contributed by atoms with E-state index in [1.165, 1.54) is 0 Å². The Morgan fingerprint density at radius 1 is 1.29 bits per heavy atom. The molecule has 112 valence electrons. The number of thiophene rings is 1. The first-order valence-corrected chi connectivity index (χ1v) is 7.60. The van der Waals surface area contributed by atoms with Crippen LogP contribution < -0.4 is 10.6 Å². The molecule has 0 aliphatic carbocycles. The summed E-state index contributed by atoms with van der Waals surface area (Å²) in [6, 6.07) is 7.26. The Bertz CT molecular complexity index is 651. The van der Waals surface area contributed by atoms with Crippen LogP contribution in [0.2, 0.25) is 0 Å². The number of carboxylic acids is 1. The summed E-state index contributed by atoms with van der Waals surface area (Å²) < 4.78 is 1.16. The summed E-state index contributed by atoms with van der Waals surface area (Å²) in [5.74, 6) is -1.52. The Kier molecular flexibility index (Phi) is 4.80. The lowest BCUT2D eigenvalue weighted by atomic mass is 9.96. The molecule has 1 heterocycles. The predicted molar refractivity (Wildman–Crippen MR) is 84.8 cm³/mol. The first-order chi connectivity index (χ1) is 9.97. The highest BCUT2D eigenvalue weighted by molar-refractivity contribution is 7.17. The number of hydrogen-bond donors (Lipinski definition) is 3. The number of carbonyl (C=O) groups is 2. The van der Waals surface area contributed by atoms with Gasteiger partial charge in [-0.1, -0.05) is 13.8 Å². The van der Waals surface area contributed by atoms with Crippen molar-refractivity contribution in [3.8, 4) is 0 Å². The van der Waals surface area contributed by atoms with Gasteiger partial charge in [0.2, 0.25) is 0 Å². The number of aliphatic carboxylic acids is 1. The molecule has 2 rings (SSSR count). The van der Waals surface area contributed by atoms with Crippen LogP contribution in [0.3, 0.4) is 0 Å². The maximum atomic E-state index is 11.8. The van der Waals surface area contributed by atoms with Gasteiger partial charge in [-0.05, 0) is 40.9 Å². The van der Waals surface area contributed by atoms with Crippen molar-refractivity contribution in [2.24, 2.45) is 11.8 Å². The molecule has 1 atom stereocenters. The molecule has 0 fully saturated rings. The number of urea groups is 1. The van der Waals surface area contributed by atoms with Crippen molar-refractivity contribution in [3.63, 3.8) is 0 Å². The van der Waals surface area contributed by atoms with Crippen molar-refractivity contribution in [2.45, 2.75) is 13.8 Å². The zero-order valence-corrected chi connectivity index (χ0v) is 12.7. The monoisotopic (exact) mass is 306 g/mol. The fraction of sp³-hybridized carbons (Fsp3) is 0.333. The number of amides is 2. The summed E-state index contributed by atoms with van der Waals surface area (Å²) in [6.07, 6.45) is 0. The van der Waals surface area contributed by atoms with Gasteiger partial charge in [-0.25, -0.2) is 4.79 Å². The molecule has 3 N–H and O–H groups in total. The van der Waals surface area contributed by atoms with E-state index in [1.807, 2.05) is 43.5 Å². The van der Waals surface area contributed by atoms with Crippen LogP contribution in [0.15, 0.2) is 29.6 Å². The van der Waals surface area contributed by atoms with Crippen molar-refractivity contribution < 1.29 is 14.7 Å². The van der Waals surface area contributed by atoms with Gasteiger partial charge in [-0.2, -0.15) is 0 Å². The number of benzene rings is 1. The second-order valence-electron chi connectivity index (χ2n) is 5.20. The predicted octanol–water partition coefficient (Wildman–Crippen LogP) is 3.38. The van der Waals surface area contributed by atoms with Crippen LogP contribution in [0.1, 0.15) is 13.8 Å². The van der Waals surface area contributed by atoms with Gasteiger partial charge in [0.15, 0.2) is 0 Å². The highest BCUT2D eigenvalue weighted by Crippen LogP contribution is 2.23. The van der Waals surface area contributed by atoms with Crippen LogP contribution in [-0.2, 0) is 4.79 Å². The fourth-order valence-electron chi connectivity index (χ4n) is 2.03. The van der Waals surface area contributed by atoms with Crippen LogP contribution in [0.4, 0.5) is 10.5 Å². The maximum absolute atomic E-state index is 11.8. The molecule has 2 aromatic rings. The summed E-state index contributed by atoms with van der Waals surface area (Å²) >= 11 is 1.64. The number of hydrogen-bond acceptors (Lipinski definition) is 3. The third kappa shape index (κ3) is 3.95. The molecule has 1 aromatic heterocycles. The van der Waals surface area contributed by atoms with Crippen molar-refractivity contribution in [3.05, 3.63) is 29.6 Å². The maximum Gasteiger partial charge on any atom is 0.319 e. The largest absolute Gasteiger partial charge is 0.481 e. The van der Waals surface area contributed by atoms with E-state index in [1.54, 1.807) is 11.3 Å². The van der Waals surface area contributed by atoms with Gasteiger partial charge in [-0.15, -0.1) is 11.3 Å². The van der Waals surface area contributed by atoms with Crippen LogP contribution >= 0.6 is 11.3 Å². The first kappa shape index (κ1) is 15.3. The normalized spacial score (nSPS) is 12.3. The molecular weight excluding hydrogens is 288 g/mol. The highest BCUT2D eigenvalue weighted by atomic mass is 32.1. The quantitative estimate of drug-likeness (QED) is 0.792. The Morgan fingerprint density at radius 2 is 2.05 bits per heavy atom. The van der Waals surface area contributed by atoms with Crippen LogP contribution in [-0.4, -0.2) is 23.7 Å². The number of fused-ring (bicyclic) bond motifs is 1. The summed E-state index contributed by atoms with van der Waals surface area (Å²) in [7, 11) is 0. The van der Waals surface area contributed by atoms with Crippen molar-refractivity contribution in [1.29, 1.82) is 0 Å². The smallest absolute Gasteiger partial charge is 0.319 e. The summed E-state index contributed by atoms with van der Waals surface area (Å²) in [4.78, 5) is 22.9. The summed E-state index contributed by atoms with van der Waals surface area (Å²) in [6.45, 7) is 3.76. The van der Waals surface area contributed by atoms with E-state index < -0.39 is 17.9 Å². The molecule has 0 radical (unpaired) electrons. The minimum atomic E-state index is -0.898. The van der Waals surface area contributed by atoms with Crippen molar-refractivity contribution in [2.75, 3.05) is 11.9 Å². The number of nitrogens with one attached hydrogen (secondary N) is 2. The van der Waals surface area contributed by atoms with Gasteiger partial charge >= 0.3 is 12.0 Å². The van der Waals surface area contributed by atoms with Gasteiger partial charge in [-0.3, -0.25) is 4.79 Å². The second kappa shape index (κ2) is 6.58. The molecule has 0 aliphatic rings. The average Bonchev–Trinajstić information content (AvgIpc) is 2.85. The van der Waals surface area contributed by atoms with Crippen molar-refractivity contribution >= 4 is 39.1 Å². The number of carboxylic acid groups (broad SMARTS) is 1. The minimum absolute atomic E-state index is 0.0371. The molecule has 1 unspecified atom stereocenters. The molecule has 0 saturated carbocycles. The molecular formula is C15H18N2O3S. The highest BCUT2D eigenvalue weighted by Gasteiger charge is 2.21. The average molecular weight is 306 g/mol. The fourth-order valence-corrected chi connectivity index (χ4v) is 2.80. The lowest BCUT2D eigenvalue weighted by Gasteiger charge is -2.17. The van der Waals surface area contributed by atoms with Gasteiger partial charge in [0.25, 0.3) is 0 Å². The Hall–Kier alpha value is -2.08. The molecule has 1 aromatic carbocycles. The summed E-state index contributed by atoms with van der Waals surface area (Å²) in [5.41, 5.74) is 0.690. The standard InChI is InChI=1S/C15H18N2O3S/c1-9(2)12(14(18)19)8-16-15(20)17-11-3-4-13-10(7-11)5-6-21-13/h3-7,9,12H,8H2,1-2H3,(H,18,19)(H2,16,17,20). The topological polar surface area (TPSA) is 78.4 Å². The van der Waals surface area contributed by atoms with E-state index >= 15 is 0 Å². The third-order valence-electron chi connectivity index (χ3n) is 3.31. The number of carbonyl (C=O) groups excluding carboxylic acids is 1. The second-order valence-corrected chi connectivity index (χ2v) is 6.14. The lowest BCUT2D eigenvalue weighted by Crippen LogP contribution is -2.37. The molecule has 0 aliphatic heterocycles. The number of anilines is 1. The van der Waals surface area contributed by atoms with Crippen LogP contribution in [0.5, 0.6) is 0 Å². The zero-order chi connectivity index (χ0) is 15.4. The zero-order valence-electron chi connectivity index (χ0n) is 11.9. The summed E-state index contributed by atoms with van der Waals surface area (Å²) in [5, 5.41) is 17.5. The molecule has 2 amide bonds. The molecule has 5 nitrogen and oxygen atoms in total. The third-order valence-corrected chi connectivity index (χ3v) is 4.21. The Labute approximate surface area is 127 Å². The van der Waals surface area contributed by atoms with Gasteiger partial charge in [0.1, 0.15) is 0 Å². The van der Waals surface area contributed by atoms with E-state index in [0.717, 1.165) is 10.1 Å². The molecule has 0 saturated heterocycles. The SMILES string of the molecule is CC(C)C(CNC(=O)Nc1ccc2sccc2c1)C(=O)O. The Morgan fingerprint density at radius 3 is 2.71 bits per heavy atom. The first-order valence-electron chi connectivity index (χ1n) is 6.72. The van der Waals surface area contributed by atoms with Gasteiger partial charge < -0.3 is 15.7 Å². The van der Waals surface area contributed by atoms with E-state index in [4.69, 9.17) is 5.11 Å². The lowest BCUT2D eigenvalue weighted by molar-refractivity contribution is -0.142. The molecule has 21 heavy (non-hydrogen) atoms. The van der Waals surface area contributed by atoms with E-state index in [-0.39, 0.29) is 12.5 Å². The van der Waals surface area contributed by atoms with Gasteiger partial charge in [0.05, 0.1) is 5.92 Å². The molecule has 6 heteroatoms.